The van der Waals surface area contributed by atoms with Crippen molar-refractivity contribution in [3.63, 3.8) is 0 Å². The van der Waals surface area contributed by atoms with Crippen LogP contribution in [0, 0.1) is 0 Å². The highest BCUT2D eigenvalue weighted by Crippen LogP contribution is 2.16. The van der Waals surface area contributed by atoms with Crippen molar-refractivity contribution < 1.29 is 22.7 Å². The summed E-state index contributed by atoms with van der Waals surface area (Å²) in [4.78, 5) is 28.1. The maximum atomic E-state index is 12.6. The number of nitrogens with one attached hydrogen (secondary N) is 2. The molecular weight excluding hydrogens is 396 g/mol. The van der Waals surface area contributed by atoms with Gasteiger partial charge in [-0.3, -0.25) is 9.69 Å². The predicted molar refractivity (Wildman–Crippen MR) is 110 cm³/mol. The van der Waals surface area contributed by atoms with Gasteiger partial charge in [-0.15, -0.1) is 0 Å². The molecule has 0 bridgehead atoms. The molecule has 1 heterocycles. The molecule has 29 heavy (non-hydrogen) atoms. The number of ether oxygens (including phenoxy) is 1. The van der Waals surface area contributed by atoms with Crippen molar-refractivity contribution in [1.29, 1.82) is 0 Å². The average Bonchev–Trinajstić information content (AvgIpc) is 2.67. The molecule has 0 aromatic heterocycles. The van der Waals surface area contributed by atoms with Gasteiger partial charge in [-0.25, -0.2) is 17.9 Å². The molecule has 1 fully saturated rings. The second-order valence-electron chi connectivity index (χ2n) is 7.19. The van der Waals surface area contributed by atoms with E-state index >= 15 is 0 Å². The van der Waals surface area contributed by atoms with Crippen molar-refractivity contribution in [3.05, 3.63) is 24.3 Å². The largest absolute Gasteiger partial charge is 0.450 e. The first-order valence-electron chi connectivity index (χ1n) is 9.73. The van der Waals surface area contributed by atoms with Crippen molar-refractivity contribution in [3.8, 4) is 0 Å². The van der Waals surface area contributed by atoms with Gasteiger partial charge >= 0.3 is 6.09 Å². The van der Waals surface area contributed by atoms with Gasteiger partial charge in [0.15, 0.2) is 0 Å². The van der Waals surface area contributed by atoms with Crippen molar-refractivity contribution >= 4 is 27.7 Å². The van der Waals surface area contributed by atoms with Crippen LogP contribution in [-0.4, -0.2) is 75.1 Å². The number of hydrogen-bond acceptors (Lipinski definition) is 6. The smallest absolute Gasteiger partial charge is 0.409 e. The molecule has 1 saturated heterocycles. The fourth-order valence-corrected chi connectivity index (χ4v) is 4.27. The Morgan fingerprint density at radius 1 is 1.07 bits per heavy atom. The molecule has 1 aliphatic rings. The first-order chi connectivity index (χ1) is 13.6. The predicted octanol–water partition coefficient (Wildman–Crippen LogP) is 1.47. The van der Waals surface area contributed by atoms with Gasteiger partial charge in [-0.2, -0.15) is 0 Å². The zero-order valence-electron chi connectivity index (χ0n) is 17.3. The van der Waals surface area contributed by atoms with Crippen LogP contribution in [0.2, 0.25) is 0 Å². The number of rotatable bonds is 7. The summed E-state index contributed by atoms with van der Waals surface area (Å²) in [6.45, 7) is 9.57. The van der Waals surface area contributed by atoms with Crippen molar-refractivity contribution in [1.82, 2.24) is 14.5 Å². The number of sulfonamides is 1. The normalized spacial score (nSPS) is 16.5. The Labute approximate surface area is 172 Å². The van der Waals surface area contributed by atoms with E-state index in [0.29, 0.717) is 38.5 Å². The lowest BCUT2D eigenvalue weighted by Gasteiger charge is -2.36. The number of hydrogen-bond donors (Lipinski definition) is 2. The second-order valence-corrected chi connectivity index (χ2v) is 8.90. The Bertz CT molecular complexity index is 802. The van der Waals surface area contributed by atoms with Crippen LogP contribution < -0.4 is 10.0 Å². The minimum Gasteiger partial charge on any atom is -0.450 e. The van der Waals surface area contributed by atoms with Crippen LogP contribution in [0.25, 0.3) is 0 Å². The van der Waals surface area contributed by atoms with E-state index in [-0.39, 0.29) is 29.0 Å². The molecule has 0 unspecified atom stereocenters. The zero-order valence-corrected chi connectivity index (χ0v) is 18.2. The highest BCUT2D eigenvalue weighted by Gasteiger charge is 2.28. The molecule has 0 radical (unpaired) electrons. The fraction of sp³-hybridized carbons (Fsp3) is 0.579. The highest BCUT2D eigenvalue weighted by atomic mass is 32.2. The van der Waals surface area contributed by atoms with Crippen LogP contribution in [0.15, 0.2) is 29.2 Å². The number of amides is 2. The number of nitrogens with zero attached hydrogens (tertiary/aromatic N) is 2. The van der Waals surface area contributed by atoms with Crippen LogP contribution in [0.5, 0.6) is 0 Å². The molecule has 9 nitrogen and oxygen atoms in total. The van der Waals surface area contributed by atoms with Crippen LogP contribution in [0.4, 0.5) is 10.5 Å². The van der Waals surface area contributed by atoms with Crippen LogP contribution >= 0.6 is 0 Å². The van der Waals surface area contributed by atoms with E-state index in [1.807, 2.05) is 4.90 Å². The second kappa shape index (κ2) is 10.0. The number of benzene rings is 1. The molecule has 2 rings (SSSR count). The molecule has 10 heteroatoms. The molecule has 0 saturated carbocycles. The van der Waals surface area contributed by atoms with E-state index in [9.17, 15) is 18.0 Å². The Hall–Kier alpha value is -2.17. The number of anilines is 1. The number of carbonyl (C=O) groups is 2. The highest BCUT2D eigenvalue weighted by molar-refractivity contribution is 7.89. The molecule has 0 spiro atoms. The lowest BCUT2D eigenvalue weighted by Crippen LogP contribution is -2.54. The van der Waals surface area contributed by atoms with Gasteiger partial charge in [0, 0.05) is 37.9 Å². The van der Waals surface area contributed by atoms with E-state index in [1.54, 1.807) is 44.7 Å². The Morgan fingerprint density at radius 3 is 2.17 bits per heavy atom. The van der Waals surface area contributed by atoms with Crippen molar-refractivity contribution in [2.45, 2.75) is 44.7 Å². The van der Waals surface area contributed by atoms with Gasteiger partial charge in [-0.1, -0.05) is 0 Å². The first-order valence-corrected chi connectivity index (χ1v) is 11.2. The monoisotopic (exact) mass is 426 g/mol. The van der Waals surface area contributed by atoms with E-state index in [1.165, 1.54) is 12.1 Å². The zero-order chi connectivity index (χ0) is 21.6. The average molecular weight is 427 g/mol. The third kappa shape index (κ3) is 6.41. The quantitative estimate of drug-likeness (QED) is 0.684. The Balaban J connectivity index is 1.91. The molecular formula is C19H30N4O5S. The molecule has 0 aliphatic carbocycles. The van der Waals surface area contributed by atoms with E-state index in [4.69, 9.17) is 4.74 Å². The topological polar surface area (TPSA) is 108 Å². The summed E-state index contributed by atoms with van der Waals surface area (Å²) >= 11 is 0. The van der Waals surface area contributed by atoms with Crippen LogP contribution in [-0.2, 0) is 19.6 Å². The van der Waals surface area contributed by atoms with Gasteiger partial charge in [0.25, 0.3) is 0 Å². The fourth-order valence-electron chi connectivity index (χ4n) is 3.01. The van der Waals surface area contributed by atoms with Crippen LogP contribution in [0.3, 0.4) is 0 Å². The van der Waals surface area contributed by atoms with Gasteiger partial charge in [-0.05, 0) is 52.0 Å². The van der Waals surface area contributed by atoms with E-state index in [2.05, 4.69) is 10.0 Å². The van der Waals surface area contributed by atoms with Gasteiger partial charge < -0.3 is 15.0 Å². The summed E-state index contributed by atoms with van der Waals surface area (Å²) < 4.78 is 31.8. The molecule has 2 N–H and O–H groups in total. The Morgan fingerprint density at radius 2 is 1.66 bits per heavy atom. The number of piperazine rings is 1. The van der Waals surface area contributed by atoms with Crippen molar-refractivity contribution in [2.24, 2.45) is 0 Å². The molecule has 1 aromatic rings. The standard InChI is InChI=1S/C19H30N4O5S/c1-5-28-19(25)23-12-10-22(11-13-23)15(4)18(24)20-16-6-8-17(9-7-16)29(26,27)21-14(2)3/h6-9,14-15,21H,5,10-13H2,1-4H3,(H,20,24)/t15-/m0/s1. The third-order valence-corrected chi connectivity index (χ3v) is 6.26. The summed E-state index contributed by atoms with van der Waals surface area (Å²) in [7, 11) is -3.57. The molecule has 162 valence electrons. The molecule has 1 aliphatic heterocycles. The maximum absolute atomic E-state index is 12.6. The van der Waals surface area contributed by atoms with Gasteiger partial charge in [0.05, 0.1) is 17.5 Å². The Kier molecular flexibility index (Phi) is 8.00. The van der Waals surface area contributed by atoms with E-state index < -0.39 is 10.0 Å². The summed E-state index contributed by atoms with van der Waals surface area (Å²) in [6.07, 6.45) is -0.328. The first kappa shape index (κ1) is 23.1. The van der Waals surface area contributed by atoms with E-state index in [0.717, 1.165) is 0 Å². The summed E-state index contributed by atoms with van der Waals surface area (Å²) in [5, 5.41) is 2.81. The minimum atomic E-state index is -3.57. The summed E-state index contributed by atoms with van der Waals surface area (Å²) in [5.41, 5.74) is 0.524. The lowest BCUT2D eigenvalue weighted by molar-refractivity contribution is -0.121. The van der Waals surface area contributed by atoms with Gasteiger partial charge in [0.1, 0.15) is 0 Å². The van der Waals surface area contributed by atoms with Crippen molar-refractivity contribution in [2.75, 3.05) is 38.1 Å². The molecule has 1 aromatic carbocycles. The lowest BCUT2D eigenvalue weighted by atomic mass is 10.2. The van der Waals surface area contributed by atoms with Crippen LogP contribution in [0.1, 0.15) is 27.7 Å². The SMILES string of the molecule is CCOC(=O)N1CCN([C@@H](C)C(=O)Nc2ccc(S(=O)(=O)NC(C)C)cc2)CC1. The summed E-state index contributed by atoms with van der Waals surface area (Å²) in [6, 6.07) is 5.47. The minimum absolute atomic E-state index is 0.146. The number of carbonyl (C=O) groups excluding carboxylic acids is 2. The summed E-state index contributed by atoms with van der Waals surface area (Å²) in [5.74, 6) is -0.189. The van der Waals surface area contributed by atoms with Gasteiger partial charge in [0.2, 0.25) is 15.9 Å². The molecule has 2 amide bonds. The maximum Gasteiger partial charge on any atom is 0.409 e. The third-order valence-electron chi connectivity index (χ3n) is 4.59. The molecule has 1 atom stereocenters.